The van der Waals surface area contributed by atoms with Gasteiger partial charge in [-0.25, -0.2) is 0 Å². The van der Waals surface area contributed by atoms with Crippen molar-refractivity contribution in [2.45, 2.75) is 39.7 Å². The zero-order valence-electron chi connectivity index (χ0n) is 11.0. The molecule has 0 amide bonds. The van der Waals surface area contributed by atoms with Crippen LogP contribution in [0.5, 0.6) is 0 Å². The third-order valence-corrected chi connectivity index (χ3v) is 2.88. The molecule has 0 saturated carbocycles. The second-order valence-corrected chi connectivity index (χ2v) is 5.17. The molecule has 1 N–H and O–H groups in total. The van der Waals surface area contributed by atoms with Gasteiger partial charge in [-0.05, 0) is 56.5 Å². The average molecular weight is 252 g/mol. The molecule has 0 aromatic heterocycles. The Balaban J connectivity index is 2.90. The standard InChI is InChI=1S/C15H22ClN/c1-5-6-17-15(7-11(2)3)13-8-12(4)9-14(16)10-13/h8-10,15,17H,2,5-7H2,1,3-4H3. The van der Waals surface area contributed by atoms with Gasteiger partial charge in [-0.15, -0.1) is 6.58 Å². The second kappa shape index (κ2) is 6.83. The zero-order chi connectivity index (χ0) is 12.8. The molecule has 1 aromatic carbocycles. The molecule has 0 spiro atoms. The van der Waals surface area contributed by atoms with Crippen LogP contribution in [0, 0.1) is 6.92 Å². The van der Waals surface area contributed by atoms with Crippen LogP contribution in [0.1, 0.15) is 43.9 Å². The van der Waals surface area contributed by atoms with Crippen LogP contribution in [0.25, 0.3) is 0 Å². The number of aryl methyl sites for hydroxylation is 1. The SMILES string of the molecule is C=C(C)CC(NCCC)c1cc(C)cc(Cl)c1. The van der Waals surface area contributed by atoms with Gasteiger partial charge < -0.3 is 5.32 Å². The predicted molar refractivity (Wildman–Crippen MR) is 76.7 cm³/mol. The van der Waals surface area contributed by atoms with Crippen molar-refractivity contribution in [2.75, 3.05) is 6.54 Å². The van der Waals surface area contributed by atoms with Crippen molar-refractivity contribution in [3.8, 4) is 0 Å². The molecule has 1 atom stereocenters. The van der Waals surface area contributed by atoms with Crippen molar-refractivity contribution in [3.63, 3.8) is 0 Å². The maximum absolute atomic E-state index is 6.11. The lowest BCUT2D eigenvalue weighted by Crippen LogP contribution is -2.22. The van der Waals surface area contributed by atoms with E-state index >= 15 is 0 Å². The van der Waals surface area contributed by atoms with E-state index in [0.29, 0.717) is 6.04 Å². The van der Waals surface area contributed by atoms with Crippen molar-refractivity contribution < 1.29 is 0 Å². The summed E-state index contributed by atoms with van der Waals surface area (Å²) in [5.41, 5.74) is 3.65. The van der Waals surface area contributed by atoms with Crippen LogP contribution in [0.3, 0.4) is 0 Å². The number of hydrogen-bond acceptors (Lipinski definition) is 1. The van der Waals surface area contributed by atoms with Gasteiger partial charge in [0.15, 0.2) is 0 Å². The zero-order valence-corrected chi connectivity index (χ0v) is 11.8. The van der Waals surface area contributed by atoms with Gasteiger partial charge in [0.05, 0.1) is 0 Å². The van der Waals surface area contributed by atoms with Crippen molar-refractivity contribution in [2.24, 2.45) is 0 Å². The largest absolute Gasteiger partial charge is 0.310 e. The molecule has 0 fully saturated rings. The summed E-state index contributed by atoms with van der Waals surface area (Å²) in [6, 6.07) is 6.56. The maximum atomic E-state index is 6.11. The molecular weight excluding hydrogens is 230 g/mol. The molecule has 0 aliphatic carbocycles. The lowest BCUT2D eigenvalue weighted by Gasteiger charge is -2.20. The summed E-state index contributed by atoms with van der Waals surface area (Å²) in [6.07, 6.45) is 2.09. The van der Waals surface area contributed by atoms with Crippen LogP contribution in [0.2, 0.25) is 5.02 Å². The van der Waals surface area contributed by atoms with E-state index in [1.54, 1.807) is 0 Å². The predicted octanol–water partition coefficient (Wildman–Crippen LogP) is 4.66. The highest BCUT2D eigenvalue weighted by molar-refractivity contribution is 6.30. The van der Waals surface area contributed by atoms with E-state index in [0.717, 1.165) is 24.4 Å². The summed E-state index contributed by atoms with van der Waals surface area (Å²) >= 11 is 6.11. The van der Waals surface area contributed by atoms with Crippen molar-refractivity contribution >= 4 is 11.6 Å². The minimum atomic E-state index is 0.324. The molecule has 1 rings (SSSR count). The summed E-state index contributed by atoms with van der Waals surface area (Å²) in [5, 5.41) is 4.36. The Morgan fingerprint density at radius 2 is 2.12 bits per heavy atom. The summed E-state index contributed by atoms with van der Waals surface area (Å²) < 4.78 is 0. The highest BCUT2D eigenvalue weighted by Gasteiger charge is 2.11. The van der Waals surface area contributed by atoms with Crippen LogP contribution in [-0.2, 0) is 0 Å². The van der Waals surface area contributed by atoms with E-state index in [4.69, 9.17) is 11.6 Å². The van der Waals surface area contributed by atoms with E-state index in [1.807, 2.05) is 12.1 Å². The van der Waals surface area contributed by atoms with Crippen LogP contribution in [0.4, 0.5) is 0 Å². The quantitative estimate of drug-likeness (QED) is 0.726. The monoisotopic (exact) mass is 251 g/mol. The van der Waals surface area contributed by atoms with Crippen LogP contribution in [0.15, 0.2) is 30.4 Å². The number of hydrogen-bond donors (Lipinski definition) is 1. The highest BCUT2D eigenvalue weighted by atomic mass is 35.5. The van der Waals surface area contributed by atoms with Crippen LogP contribution in [-0.4, -0.2) is 6.54 Å². The van der Waals surface area contributed by atoms with Gasteiger partial charge in [-0.3, -0.25) is 0 Å². The van der Waals surface area contributed by atoms with Crippen molar-refractivity contribution in [1.82, 2.24) is 5.32 Å². The first-order valence-corrected chi connectivity index (χ1v) is 6.55. The van der Waals surface area contributed by atoms with E-state index in [9.17, 15) is 0 Å². The first kappa shape index (κ1) is 14.3. The number of halogens is 1. The van der Waals surface area contributed by atoms with Crippen molar-refractivity contribution in [1.29, 1.82) is 0 Å². The third kappa shape index (κ3) is 4.93. The van der Waals surface area contributed by atoms with Gasteiger partial charge in [0.25, 0.3) is 0 Å². The van der Waals surface area contributed by atoms with E-state index in [2.05, 4.69) is 38.7 Å². The van der Waals surface area contributed by atoms with Gasteiger partial charge >= 0.3 is 0 Å². The second-order valence-electron chi connectivity index (χ2n) is 4.73. The minimum absolute atomic E-state index is 0.324. The van der Waals surface area contributed by atoms with Gasteiger partial charge in [0, 0.05) is 11.1 Å². The molecule has 0 heterocycles. The topological polar surface area (TPSA) is 12.0 Å². The molecule has 1 aromatic rings. The molecular formula is C15H22ClN. The fraction of sp³-hybridized carbons (Fsp3) is 0.467. The highest BCUT2D eigenvalue weighted by Crippen LogP contribution is 2.24. The normalized spacial score (nSPS) is 12.5. The van der Waals surface area contributed by atoms with Gasteiger partial charge in [0.1, 0.15) is 0 Å². The third-order valence-electron chi connectivity index (χ3n) is 2.66. The molecule has 0 aliphatic heterocycles. The Morgan fingerprint density at radius 3 is 2.65 bits per heavy atom. The summed E-state index contributed by atoms with van der Waals surface area (Å²) in [6.45, 7) is 11.3. The van der Waals surface area contributed by atoms with Gasteiger partial charge in [-0.1, -0.05) is 30.2 Å². The minimum Gasteiger partial charge on any atom is -0.310 e. The smallest absolute Gasteiger partial charge is 0.0411 e. The molecule has 94 valence electrons. The van der Waals surface area contributed by atoms with Crippen molar-refractivity contribution in [3.05, 3.63) is 46.5 Å². The Bertz CT molecular complexity index is 364. The molecule has 0 radical (unpaired) electrons. The summed E-state index contributed by atoms with van der Waals surface area (Å²) in [4.78, 5) is 0. The Morgan fingerprint density at radius 1 is 1.41 bits per heavy atom. The van der Waals surface area contributed by atoms with Gasteiger partial charge in [0.2, 0.25) is 0 Å². The molecule has 1 unspecified atom stereocenters. The van der Waals surface area contributed by atoms with E-state index in [1.165, 1.54) is 16.7 Å². The van der Waals surface area contributed by atoms with Crippen LogP contribution >= 0.6 is 11.6 Å². The summed E-state index contributed by atoms with van der Waals surface area (Å²) in [7, 11) is 0. The molecule has 0 aliphatic rings. The van der Waals surface area contributed by atoms with E-state index < -0.39 is 0 Å². The fourth-order valence-corrected chi connectivity index (χ4v) is 2.24. The Labute approximate surface area is 110 Å². The Kier molecular flexibility index (Phi) is 5.73. The number of rotatable bonds is 6. The lowest BCUT2D eigenvalue weighted by atomic mass is 9.98. The summed E-state index contributed by atoms with van der Waals surface area (Å²) in [5.74, 6) is 0. The molecule has 17 heavy (non-hydrogen) atoms. The first-order chi connectivity index (χ1) is 8.02. The molecule has 1 nitrogen and oxygen atoms in total. The molecule has 2 heteroatoms. The lowest BCUT2D eigenvalue weighted by molar-refractivity contribution is 0.528. The molecule has 0 bridgehead atoms. The van der Waals surface area contributed by atoms with Crippen LogP contribution < -0.4 is 5.32 Å². The number of nitrogens with one attached hydrogen (secondary N) is 1. The average Bonchev–Trinajstić information content (AvgIpc) is 2.22. The van der Waals surface area contributed by atoms with E-state index in [-0.39, 0.29) is 0 Å². The first-order valence-electron chi connectivity index (χ1n) is 6.17. The Hall–Kier alpha value is -0.790. The fourth-order valence-electron chi connectivity index (χ4n) is 1.94. The van der Waals surface area contributed by atoms with Gasteiger partial charge in [-0.2, -0.15) is 0 Å². The maximum Gasteiger partial charge on any atom is 0.0411 e. The molecule has 0 saturated heterocycles. The number of benzene rings is 1.